The van der Waals surface area contributed by atoms with Crippen molar-refractivity contribution in [2.24, 2.45) is 35.0 Å². The van der Waals surface area contributed by atoms with Gasteiger partial charge in [-0.05, 0) is 84.0 Å². The van der Waals surface area contributed by atoms with Gasteiger partial charge < -0.3 is 24.4 Å². The Morgan fingerprint density at radius 3 is 2.26 bits per heavy atom. The summed E-state index contributed by atoms with van der Waals surface area (Å²) in [7, 11) is 0. The zero-order valence-electron chi connectivity index (χ0n) is 24.7. The number of hydrogen-bond donors (Lipinski definition) is 2. The molecule has 2 fully saturated rings. The molecule has 8 atom stereocenters. The van der Waals surface area contributed by atoms with Crippen molar-refractivity contribution in [1.82, 2.24) is 0 Å². The monoisotopic (exact) mass is 540 g/mol. The van der Waals surface area contributed by atoms with E-state index in [9.17, 15) is 24.6 Å². The number of ether oxygens (including phenoxy) is 3. The van der Waals surface area contributed by atoms with Crippen molar-refractivity contribution in [2.45, 2.75) is 131 Å². The van der Waals surface area contributed by atoms with Gasteiger partial charge in [-0.3, -0.25) is 14.4 Å². The number of aliphatic hydroxyl groups excluding tert-OH is 1. The Hall–Kier alpha value is -1.67. The van der Waals surface area contributed by atoms with E-state index in [1.807, 2.05) is 34.6 Å². The fourth-order valence-electron chi connectivity index (χ4n) is 6.10. The Morgan fingerprint density at radius 1 is 1.03 bits per heavy atom. The maximum Gasteiger partial charge on any atom is 0.311 e. The number of carboxylic acid groups (broad SMARTS) is 1. The molecule has 2 aliphatic rings. The summed E-state index contributed by atoms with van der Waals surface area (Å²) in [6, 6.07) is 0. The third kappa shape index (κ3) is 9.22. The molecule has 8 unspecified atom stereocenters. The summed E-state index contributed by atoms with van der Waals surface area (Å²) in [6.07, 6.45) is 5.45. The molecule has 0 bridgehead atoms. The number of carboxylic acids is 1. The topological polar surface area (TPSA) is 119 Å². The molecule has 8 heteroatoms. The van der Waals surface area contributed by atoms with E-state index in [1.165, 1.54) is 0 Å². The minimum atomic E-state index is -1.05. The van der Waals surface area contributed by atoms with Crippen LogP contribution < -0.4 is 0 Å². The van der Waals surface area contributed by atoms with E-state index in [-0.39, 0.29) is 24.2 Å². The number of carbonyl (C=O) groups excluding carboxylic acids is 2. The van der Waals surface area contributed by atoms with Crippen LogP contribution in [0.4, 0.5) is 0 Å². The van der Waals surface area contributed by atoms with Crippen LogP contribution in [0.2, 0.25) is 0 Å². The molecule has 1 saturated heterocycles. The maximum atomic E-state index is 13.2. The van der Waals surface area contributed by atoms with Crippen LogP contribution in [0.25, 0.3) is 0 Å². The van der Waals surface area contributed by atoms with Gasteiger partial charge in [0, 0.05) is 12.3 Å². The van der Waals surface area contributed by atoms with Gasteiger partial charge in [0.05, 0.1) is 30.0 Å². The first-order chi connectivity index (χ1) is 17.7. The second-order valence-electron chi connectivity index (χ2n) is 12.9. The van der Waals surface area contributed by atoms with Crippen molar-refractivity contribution < 1.29 is 38.8 Å². The van der Waals surface area contributed by atoms with Gasteiger partial charge in [-0.25, -0.2) is 0 Å². The van der Waals surface area contributed by atoms with Crippen LogP contribution in [0.5, 0.6) is 0 Å². The Balaban J connectivity index is 2.02. The highest BCUT2D eigenvalue weighted by Gasteiger charge is 2.42. The molecule has 2 N–H and O–H groups in total. The van der Waals surface area contributed by atoms with Gasteiger partial charge in [0.2, 0.25) is 6.29 Å². The van der Waals surface area contributed by atoms with E-state index >= 15 is 0 Å². The summed E-state index contributed by atoms with van der Waals surface area (Å²) in [5.74, 6) is -2.37. The van der Waals surface area contributed by atoms with Crippen molar-refractivity contribution in [1.29, 1.82) is 0 Å². The predicted octanol–water partition coefficient (Wildman–Crippen LogP) is 5.73. The van der Waals surface area contributed by atoms with Crippen LogP contribution in [0.1, 0.15) is 113 Å². The summed E-state index contributed by atoms with van der Waals surface area (Å²) < 4.78 is 17.2. The smallest absolute Gasteiger partial charge is 0.311 e. The first-order valence-electron chi connectivity index (χ1n) is 14.6. The molecule has 0 radical (unpaired) electrons. The van der Waals surface area contributed by atoms with Gasteiger partial charge in [0.15, 0.2) is 0 Å². The molecule has 1 aliphatic heterocycles. The minimum Gasteiger partial charge on any atom is -0.481 e. The highest BCUT2D eigenvalue weighted by molar-refractivity contribution is 5.77. The molecule has 0 amide bonds. The Bertz CT molecular complexity index is 789. The van der Waals surface area contributed by atoms with Gasteiger partial charge in [-0.15, -0.1) is 0 Å². The second kappa shape index (κ2) is 14.1. The average molecular weight is 541 g/mol. The van der Waals surface area contributed by atoms with E-state index in [2.05, 4.69) is 6.92 Å². The first-order valence-corrected chi connectivity index (χ1v) is 14.6. The molecule has 0 spiro atoms. The molecular formula is C30H52O8. The van der Waals surface area contributed by atoms with Crippen molar-refractivity contribution in [3.05, 3.63) is 0 Å². The van der Waals surface area contributed by atoms with Gasteiger partial charge in [-0.1, -0.05) is 34.1 Å². The minimum absolute atomic E-state index is 0.0403. The van der Waals surface area contributed by atoms with E-state index in [0.29, 0.717) is 44.6 Å². The van der Waals surface area contributed by atoms with Gasteiger partial charge in [0.1, 0.15) is 5.60 Å². The van der Waals surface area contributed by atoms with Crippen LogP contribution in [0.15, 0.2) is 0 Å². The lowest BCUT2D eigenvalue weighted by atomic mass is 9.73. The lowest BCUT2D eigenvalue weighted by Gasteiger charge is -2.41. The Morgan fingerprint density at radius 2 is 1.71 bits per heavy atom. The van der Waals surface area contributed by atoms with Crippen LogP contribution in [-0.4, -0.2) is 52.7 Å². The molecule has 1 saturated carbocycles. The lowest BCUT2D eigenvalue weighted by molar-refractivity contribution is -0.193. The largest absolute Gasteiger partial charge is 0.481 e. The van der Waals surface area contributed by atoms with Crippen LogP contribution in [-0.2, 0) is 28.6 Å². The maximum absolute atomic E-state index is 13.2. The Labute approximate surface area is 229 Å². The number of aliphatic carboxylic acids is 1. The highest BCUT2D eigenvalue weighted by atomic mass is 16.7. The normalized spacial score (nSPS) is 28.4. The van der Waals surface area contributed by atoms with E-state index in [0.717, 1.165) is 25.7 Å². The first kappa shape index (κ1) is 32.5. The summed E-state index contributed by atoms with van der Waals surface area (Å²) in [4.78, 5) is 38.3. The SMILES string of the molecule is CCC(C)(CC(CC(C)CC(C)C(=O)OC(C)(C)C1CCC(C)CC1O)C(=O)OC1CCCCO1)C(=O)O. The molecule has 2 rings (SSSR count). The molecule has 8 nitrogen and oxygen atoms in total. The molecule has 220 valence electrons. The third-order valence-electron chi connectivity index (χ3n) is 8.89. The van der Waals surface area contributed by atoms with E-state index in [4.69, 9.17) is 14.2 Å². The number of esters is 2. The average Bonchev–Trinajstić information content (AvgIpc) is 2.83. The molecule has 1 aliphatic carbocycles. The van der Waals surface area contributed by atoms with E-state index < -0.39 is 47.2 Å². The lowest BCUT2D eigenvalue weighted by Crippen LogP contribution is -2.46. The molecule has 0 aromatic heterocycles. The van der Waals surface area contributed by atoms with Crippen LogP contribution in [0, 0.1) is 35.0 Å². The number of aliphatic hydroxyl groups is 1. The number of rotatable bonds is 13. The zero-order chi connectivity index (χ0) is 28.7. The van der Waals surface area contributed by atoms with E-state index in [1.54, 1.807) is 6.92 Å². The Kier molecular flexibility index (Phi) is 12.1. The van der Waals surface area contributed by atoms with Crippen LogP contribution >= 0.6 is 0 Å². The van der Waals surface area contributed by atoms with Gasteiger partial charge in [0.25, 0.3) is 0 Å². The predicted molar refractivity (Wildman–Crippen MR) is 144 cm³/mol. The van der Waals surface area contributed by atoms with Crippen molar-refractivity contribution >= 4 is 17.9 Å². The quantitative estimate of drug-likeness (QED) is 0.284. The summed E-state index contributed by atoms with van der Waals surface area (Å²) in [5.41, 5.74) is -1.82. The van der Waals surface area contributed by atoms with Gasteiger partial charge in [-0.2, -0.15) is 0 Å². The second-order valence-corrected chi connectivity index (χ2v) is 12.9. The highest BCUT2D eigenvalue weighted by Crippen LogP contribution is 2.39. The van der Waals surface area contributed by atoms with Crippen molar-refractivity contribution in [2.75, 3.05) is 6.61 Å². The molecule has 0 aromatic carbocycles. The third-order valence-corrected chi connectivity index (χ3v) is 8.89. The number of carbonyl (C=O) groups is 3. The molecule has 1 heterocycles. The summed E-state index contributed by atoms with van der Waals surface area (Å²) in [5, 5.41) is 20.4. The van der Waals surface area contributed by atoms with Crippen molar-refractivity contribution in [3.63, 3.8) is 0 Å². The van der Waals surface area contributed by atoms with Crippen molar-refractivity contribution in [3.8, 4) is 0 Å². The molecular weight excluding hydrogens is 488 g/mol. The standard InChI is InChI=1S/C30H52O8/c1-8-30(7,28(34)35)18-22(27(33)37-25-11-9-10-14-36-25)16-20(3)15-21(4)26(32)38-29(5,6)23-13-12-19(2)17-24(23)31/h19-25,31H,8-18H2,1-7H3,(H,34,35). The fraction of sp³-hybridized carbons (Fsp3) is 0.900. The van der Waals surface area contributed by atoms with Gasteiger partial charge >= 0.3 is 17.9 Å². The van der Waals surface area contributed by atoms with Crippen LogP contribution in [0.3, 0.4) is 0 Å². The molecule has 0 aromatic rings. The molecule has 38 heavy (non-hydrogen) atoms. The summed E-state index contributed by atoms with van der Waals surface area (Å²) >= 11 is 0. The number of hydrogen-bond acceptors (Lipinski definition) is 7. The zero-order valence-corrected chi connectivity index (χ0v) is 24.7. The fourth-order valence-corrected chi connectivity index (χ4v) is 6.10. The summed E-state index contributed by atoms with van der Waals surface area (Å²) in [6.45, 7) is 13.7.